The van der Waals surface area contributed by atoms with Crippen molar-refractivity contribution >= 4 is 21.7 Å². The highest BCUT2D eigenvalue weighted by molar-refractivity contribution is 9.10. The third kappa shape index (κ3) is 3.02. The molecule has 116 valence electrons. The van der Waals surface area contributed by atoms with E-state index in [0.717, 1.165) is 32.7 Å². The summed E-state index contributed by atoms with van der Waals surface area (Å²) in [5.74, 6) is 0.0896. The predicted octanol–water partition coefficient (Wildman–Crippen LogP) is 5.73. The minimum absolute atomic E-state index is 0.0896. The fourth-order valence-electron chi connectivity index (χ4n) is 2.82. The van der Waals surface area contributed by atoms with Crippen LogP contribution in [-0.2, 0) is 0 Å². The molecule has 0 unspecified atom stereocenters. The number of Topliss-reactive ketones (excluding diaryl/α,β-unsaturated/α-hetero) is 1. The number of rotatable bonds is 3. The first-order valence-electron chi connectivity index (χ1n) is 7.53. The van der Waals surface area contributed by atoms with Crippen LogP contribution in [0, 0.1) is 13.8 Å². The molecule has 3 aromatic rings. The van der Waals surface area contributed by atoms with E-state index in [1.165, 1.54) is 5.56 Å². The fourth-order valence-corrected chi connectivity index (χ4v) is 3.09. The van der Waals surface area contributed by atoms with Crippen LogP contribution < -0.4 is 0 Å². The van der Waals surface area contributed by atoms with Gasteiger partial charge >= 0.3 is 0 Å². The first kappa shape index (κ1) is 15.8. The number of hydrogen-bond donors (Lipinski definition) is 0. The summed E-state index contributed by atoms with van der Waals surface area (Å²) in [5.41, 5.74) is 6.14. The molecule has 0 saturated heterocycles. The zero-order valence-electron chi connectivity index (χ0n) is 13.4. The van der Waals surface area contributed by atoms with E-state index in [9.17, 15) is 4.79 Å². The van der Waals surface area contributed by atoms with E-state index in [-0.39, 0.29) is 5.78 Å². The molecule has 3 heteroatoms. The second-order valence-electron chi connectivity index (χ2n) is 5.76. The average molecular weight is 368 g/mol. The molecule has 0 fully saturated rings. The van der Waals surface area contributed by atoms with Crippen LogP contribution >= 0.6 is 15.9 Å². The second-order valence-corrected chi connectivity index (χ2v) is 6.68. The Balaban J connectivity index is 2.25. The highest BCUT2D eigenvalue weighted by Crippen LogP contribution is 2.30. The van der Waals surface area contributed by atoms with Gasteiger partial charge in [-0.25, -0.2) is 0 Å². The summed E-state index contributed by atoms with van der Waals surface area (Å²) in [6.45, 7) is 5.69. The summed E-state index contributed by atoms with van der Waals surface area (Å²) in [4.78, 5) is 12.0. The molecular formula is C20H18BrNO. The molecule has 0 saturated carbocycles. The summed E-state index contributed by atoms with van der Waals surface area (Å²) < 4.78 is 3.19. The van der Waals surface area contributed by atoms with Gasteiger partial charge in [-0.15, -0.1) is 0 Å². The van der Waals surface area contributed by atoms with E-state index in [2.05, 4.69) is 63.8 Å². The van der Waals surface area contributed by atoms with Gasteiger partial charge in [0.1, 0.15) is 0 Å². The van der Waals surface area contributed by atoms with Gasteiger partial charge in [-0.05, 0) is 56.7 Å². The molecule has 2 nitrogen and oxygen atoms in total. The van der Waals surface area contributed by atoms with Crippen molar-refractivity contribution in [2.24, 2.45) is 0 Å². The number of aromatic nitrogens is 1. The molecule has 23 heavy (non-hydrogen) atoms. The monoisotopic (exact) mass is 367 g/mol. The Hall–Kier alpha value is -2.13. The van der Waals surface area contributed by atoms with E-state index >= 15 is 0 Å². The van der Waals surface area contributed by atoms with E-state index in [0.29, 0.717) is 0 Å². The molecule has 0 aliphatic carbocycles. The molecule has 0 spiro atoms. The zero-order chi connectivity index (χ0) is 16.6. The third-order valence-corrected chi connectivity index (χ3v) is 4.59. The number of carbonyl (C=O) groups is 1. The fraction of sp³-hybridized carbons (Fsp3) is 0.150. The van der Waals surface area contributed by atoms with Crippen molar-refractivity contribution in [1.82, 2.24) is 4.57 Å². The molecule has 0 bridgehead atoms. The number of nitrogens with zero attached hydrogens (tertiary/aromatic N) is 1. The van der Waals surface area contributed by atoms with Crippen molar-refractivity contribution in [3.05, 3.63) is 75.9 Å². The van der Waals surface area contributed by atoms with Gasteiger partial charge in [0.2, 0.25) is 0 Å². The topological polar surface area (TPSA) is 22.0 Å². The molecule has 1 aromatic heterocycles. The highest BCUT2D eigenvalue weighted by Gasteiger charge is 2.17. The standard InChI is InChI=1S/C20H18BrNO/c1-13-4-10-18(11-5-13)22-14(2)19(15(3)23)12-20(22)16-6-8-17(21)9-7-16/h4-12H,1-3H3. The predicted molar refractivity (Wildman–Crippen MR) is 98.4 cm³/mol. The van der Waals surface area contributed by atoms with Crippen molar-refractivity contribution in [3.63, 3.8) is 0 Å². The van der Waals surface area contributed by atoms with Crippen LogP contribution in [0.4, 0.5) is 0 Å². The number of halogens is 1. The molecule has 2 aromatic carbocycles. The van der Waals surface area contributed by atoms with Crippen molar-refractivity contribution in [3.8, 4) is 16.9 Å². The number of aryl methyl sites for hydroxylation is 1. The minimum atomic E-state index is 0.0896. The third-order valence-electron chi connectivity index (χ3n) is 4.06. The summed E-state index contributed by atoms with van der Waals surface area (Å²) in [6, 6.07) is 18.5. The van der Waals surface area contributed by atoms with Crippen LogP contribution in [0.3, 0.4) is 0 Å². The number of ketones is 1. The normalized spacial score (nSPS) is 10.8. The van der Waals surface area contributed by atoms with Gasteiger partial charge < -0.3 is 4.57 Å². The van der Waals surface area contributed by atoms with E-state index in [4.69, 9.17) is 0 Å². The van der Waals surface area contributed by atoms with Crippen LogP contribution in [0.25, 0.3) is 16.9 Å². The van der Waals surface area contributed by atoms with Crippen LogP contribution in [0.1, 0.15) is 28.5 Å². The zero-order valence-corrected chi connectivity index (χ0v) is 15.0. The van der Waals surface area contributed by atoms with Crippen LogP contribution in [0.2, 0.25) is 0 Å². The minimum Gasteiger partial charge on any atom is -0.313 e. The van der Waals surface area contributed by atoms with E-state index in [1.807, 2.05) is 25.1 Å². The molecule has 0 atom stereocenters. The van der Waals surface area contributed by atoms with Gasteiger partial charge in [-0.2, -0.15) is 0 Å². The summed E-state index contributed by atoms with van der Waals surface area (Å²) in [5, 5.41) is 0. The maximum Gasteiger partial charge on any atom is 0.161 e. The molecule has 0 aliphatic rings. The Kier molecular flexibility index (Phi) is 4.22. The molecular weight excluding hydrogens is 350 g/mol. The van der Waals surface area contributed by atoms with Gasteiger partial charge in [0.15, 0.2) is 5.78 Å². The first-order valence-corrected chi connectivity index (χ1v) is 8.33. The van der Waals surface area contributed by atoms with Gasteiger partial charge in [-0.1, -0.05) is 45.8 Å². The van der Waals surface area contributed by atoms with Crippen molar-refractivity contribution < 1.29 is 4.79 Å². The molecule has 0 N–H and O–H groups in total. The Morgan fingerprint density at radius 3 is 2.13 bits per heavy atom. The Bertz CT molecular complexity index is 858. The average Bonchev–Trinajstić information content (AvgIpc) is 2.87. The summed E-state index contributed by atoms with van der Waals surface area (Å²) in [6.07, 6.45) is 0. The van der Waals surface area contributed by atoms with Gasteiger partial charge in [0.05, 0.1) is 5.69 Å². The lowest BCUT2D eigenvalue weighted by Gasteiger charge is -2.13. The number of carbonyl (C=O) groups excluding carboxylic acids is 1. The first-order chi connectivity index (χ1) is 11.0. The lowest BCUT2D eigenvalue weighted by atomic mass is 10.1. The lowest BCUT2D eigenvalue weighted by molar-refractivity contribution is 0.101. The number of hydrogen-bond acceptors (Lipinski definition) is 1. The van der Waals surface area contributed by atoms with E-state index < -0.39 is 0 Å². The number of benzene rings is 2. The smallest absolute Gasteiger partial charge is 0.161 e. The quantitative estimate of drug-likeness (QED) is 0.542. The van der Waals surface area contributed by atoms with Crippen molar-refractivity contribution in [2.45, 2.75) is 20.8 Å². The molecule has 0 aliphatic heterocycles. The van der Waals surface area contributed by atoms with E-state index in [1.54, 1.807) is 6.92 Å². The lowest BCUT2D eigenvalue weighted by Crippen LogP contribution is -2.01. The Morgan fingerprint density at radius 1 is 0.957 bits per heavy atom. The van der Waals surface area contributed by atoms with Crippen molar-refractivity contribution in [2.75, 3.05) is 0 Å². The Labute approximate surface area is 144 Å². The summed E-state index contributed by atoms with van der Waals surface area (Å²) in [7, 11) is 0. The van der Waals surface area contributed by atoms with Crippen LogP contribution in [0.15, 0.2) is 59.1 Å². The second kappa shape index (κ2) is 6.17. The van der Waals surface area contributed by atoms with Gasteiger partial charge in [0.25, 0.3) is 0 Å². The van der Waals surface area contributed by atoms with Gasteiger partial charge in [-0.3, -0.25) is 4.79 Å². The maximum absolute atomic E-state index is 12.0. The molecule has 1 heterocycles. The van der Waals surface area contributed by atoms with Crippen LogP contribution in [-0.4, -0.2) is 10.4 Å². The van der Waals surface area contributed by atoms with Crippen molar-refractivity contribution in [1.29, 1.82) is 0 Å². The largest absolute Gasteiger partial charge is 0.313 e. The molecule has 3 rings (SSSR count). The molecule has 0 amide bonds. The molecule has 0 radical (unpaired) electrons. The highest BCUT2D eigenvalue weighted by atomic mass is 79.9. The Morgan fingerprint density at radius 2 is 1.57 bits per heavy atom. The van der Waals surface area contributed by atoms with Gasteiger partial charge in [0, 0.05) is 21.4 Å². The van der Waals surface area contributed by atoms with Crippen LogP contribution in [0.5, 0.6) is 0 Å². The summed E-state index contributed by atoms with van der Waals surface area (Å²) >= 11 is 3.47. The maximum atomic E-state index is 12.0. The SMILES string of the molecule is CC(=O)c1cc(-c2ccc(Br)cc2)n(-c2ccc(C)cc2)c1C.